The predicted octanol–water partition coefficient (Wildman–Crippen LogP) is 6.24. The SMILES string of the molecule is CC(c1ccccc1Cl)N(CCN)C(=O)c1nnn(Cc2cc(C(F)(F)F)cc(C(F)(F)F)c2)c1-c1ccncc1. The first-order valence-corrected chi connectivity index (χ1v) is 12.6. The average Bonchev–Trinajstić information content (AvgIpc) is 3.34. The quantitative estimate of drug-likeness (QED) is 0.243. The van der Waals surface area contributed by atoms with E-state index in [2.05, 4.69) is 15.3 Å². The minimum absolute atomic E-state index is 0.0460. The molecule has 0 aliphatic carbocycles. The molecule has 2 N–H and O–H groups in total. The molecule has 0 radical (unpaired) electrons. The second kappa shape index (κ2) is 11.9. The summed E-state index contributed by atoms with van der Waals surface area (Å²) in [6.45, 7) is 1.38. The van der Waals surface area contributed by atoms with Gasteiger partial charge in [-0.25, -0.2) is 4.68 Å². The Labute approximate surface area is 235 Å². The highest BCUT2D eigenvalue weighted by molar-refractivity contribution is 6.31. The van der Waals surface area contributed by atoms with E-state index in [1.807, 2.05) is 0 Å². The maximum Gasteiger partial charge on any atom is 0.416 e. The van der Waals surface area contributed by atoms with Crippen molar-refractivity contribution in [3.63, 3.8) is 0 Å². The third kappa shape index (κ3) is 6.68. The molecule has 0 spiro atoms. The van der Waals surface area contributed by atoms with Crippen molar-refractivity contribution in [3.8, 4) is 11.3 Å². The molecule has 216 valence electrons. The molecule has 0 aliphatic rings. The molecular weight excluding hydrogens is 574 g/mol. The second-order valence-corrected chi connectivity index (χ2v) is 9.49. The number of carbonyl (C=O) groups is 1. The number of benzene rings is 2. The zero-order valence-corrected chi connectivity index (χ0v) is 22.2. The van der Waals surface area contributed by atoms with E-state index in [0.717, 1.165) is 4.68 Å². The molecule has 2 heterocycles. The van der Waals surface area contributed by atoms with E-state index in [1.165, 1.54) is 29.4 Å². The van der Waals surface area contributed by atoms with Crippen molar-refractivity contribution >= 4 is 17.5 Å². The Hall–Kier alpha value is -3.97. The van der Waals surface area contributed by atoms with Gasteiger partial charge in [0.2, 0.25) is 0 Å². The fourth-order valence-electron chi connectivity index (χ4n) is 4.37. The molecule has 0 aliphatic heterocycles. The van der Waals surface area contributed by atoms with E-state index in [-0.39, 0.29) is 36.1 Å². The second-order valence-electron chi connectivity index (χ2n) is 9.08. The van der Waals surface area contributed by atoms with Gasteiger partial charge >= 0.3 is 12.4 Å². The van der Waals surface area contributed by atoms with Gasteiger partial charge in [0.15, 0.2) is 5.69 Å². The third-order valence-electron chi connectivity index (χ3n) is 6.32. The van der Waals surface area contributed by atoms with Gasteiger partial charge < -0.3 is 10.6 Å². The normalized spacial score (nSPS) is 12.8. The molecule has 4 rings (SSSR count). The number of nitrogens with two attached hydrogens (primary N) is 1. The van der Waals surface area contributed by atoms with Crippen LogP contribution in [0.25, 0.3) is 11.3 Å². The lowest BCUT2D eigenvalue weighted by molar-refractivity contribution is -0.143. The van der Waals surface area contributed by atoms with Gasteiger partial charge in [-0.15, -0.1) is 5.10 Å². The van der Waals surface area contributed by atoms with Crippen LogP contribution in [0.2, 0.25) is 5.02 Å². The first-order chi connectivity index (χ1) is 19.3. The van der Waals surface area contributed by atoms with Crippen LogP contribution in [-0.2, 0) is 18.9 Å². The molecule has 1 unspecified atom stereocenters. The molecule has 1 amide bonds. The Kier molecular flexibility index (Phi) is 8.69. The van der Waals surface area contributed by atoms with Gasteiger partial charge in [0.1, 0.15) is 5.69 Å². The number of amides is 1. The van der Waals surface area contributed by atoms with Gasteiger partial charge in [-0.05, 0) is 54.4 Å². The molecule has 2 aromatic heterocycles. The molecule has 7 nitrogen and oxygen atoms in total. The summed E-state index contributed by atoms with van der Waals surface area (Å²) in [5.74, 6) is -0.610. The highest BCUT2D eigenvalue weighted by Crippen LogP contribution is 2.37. The van der Waals surface area contributed by atoms with Crippen LogP contribution in [0, 0.1) is 0 Å². The van der Waals surface area contributed by atoms with Crippen molar-refractivity contribution in [2.45, 2.75) is 31.9 Å². The lowest BCUT2D eigenvalue weighted by atomic mass is 10.0. The number of alkyl halides is 6. The molecule has 0 bridgehead atoms. The van der Waals surface area contributed by atoms with Gasteiger partial charge in [-0.2, -0.15) is 26.3 Å². The fraction of sp³-hybridized carbons (Fsp3) is 0.259. The van der Waals surface area contributed by atoms with Gasteiger partial charge in [-0.3, -0.25) is 9.78 Å². The summed E-state index contributed by atoms with van der Waals surface area (Å²) in [6, 6.07) is 10.6. The Morgan fingerprint density at radius 2 is 1.61 bits per heavy atom. The molecule has 0 saturated heterocycles. The van der Waals surface area contributed by atoms with E-state index >= 15 is 0 Å². The number of carbonyl (C=O) groups excluding carboxylic acids is 1. The minimum atomic E-state index is -5.02. The van der Waals surface area contributed by atoms with Crippen LogP contribution in [0.5, 0.6) is 0 Å². The van der Waals surface area contributed by atoms with Crippen molar-refractivity contribution in [2.24, 2.45) is 5.73 Å². The van der Waals surface area contributed by atoms with Crippen LogP contribution in [-0.4, -0.2) is 43.9 Å². The zero-order chi connectivity index (χ0) is 29.9. The largest absolute Gasteiger partial charge is 0.416 e. The number of hydrogen-bond acceptors (Lipinski definition) is 5. The number of rotatable bonds is 8. The number of aromatic nitrogens is 4. The zero-order valence-electron chi connectivity index (χ0n) is 21.4. The molecule has 4 aromatic rings. The number of pyridine rings is 1. The Balaban J connectivity index is 1.82. The van der Waals surface area contributed by atoms with Crippen LogP contribution in [0.15, 0.2) is 67.0 Å². The van der Waals surface area contributed by atoms with Crippen molar-refractivity contribution in [1.29, 1.82) is 0 Å². The smallest absolute Gasteiger partial charge is 0.329 e. The van der Waals surface area contributed by atoms with E-state index in [0.29, 0.717) is 28.3 Å². The summed E-state index contributed by atoms with van der Waals surface area (Å²) < 4.78 is 81.8. The van der Waals surface area contributed by atoms with Gasteiger partial charge in [-0.1, -0.05) is 35.0 Å². The Bertz CT molecular complexity index is 1490. The average molecular weight is 597 g/mol. The Morgan fingerprint density at radius 1 is 1.00 bits per heavy atom. The molecule has 14 heteroatoms. The number of halogens is 7. The molecular formula is C27H23ClF6N6O. The summed E-state index contributed by atoms with van der Waals surface area (Å²) in [7, 11) is 0. The molecule has 2 aromatic carbocycles. The molecule has 1 atom stereocenters. The van der Waals surface area contributed by atoms with Crippen LogP contribution in [0.1, 0.15) is 45.7 Å². The summed E-state index contributed by atoms with van der Waals surface area (Å²) in [5.41, 5.74) is 3.44. The van der Waals surface area contributed by atoms with Crippen molar-refractivity contribution in [3.05, 3.63) is 100.0 Å². The maximum absolute atomic E-state index is 13.9. The van der Waals surface area contributed by atoms with Crippen molar-refractivity contribution in [2.75, 3.05) is 13.1 Å². The summed E-state index contributed by atoms with van der Waals surface area (Å²) in [6.07, 6.45) is -7.22. The minimum Gasteiger partial charge on any atom is -0.329 e. The Morgan fingerprint density at radius 3 is 2.17 bits per heavy atom. The van der Waals surface area contributed by atoms with Gasteiger partial charge in [0, 0.05) is 36.1 Å². The molecule has 41 heavy (non-hydrogen) atoms. The monoisotopic (exact) mass is 596 g/mol. The van der Waals surface area contributed by atoms with E-state index in [4.69, 9.17) is 17.3 Å². The van der Waals surface area contributed by atoms with Gasteiger partial charge in [0.25, 0.3) is 5.91 Å². The van der Waals surface area contributed by atoms with E-state index in [1.54, 1.807) is 31.2 Å². The maximum atomic E-state index is 13.9. The van der Waals surface area contributed by atoms with Crippen LogP contribution >= 0.6 is 11.6 Å². The van der Waals surface area contributed by atoms with Gasteiger partial charge in [0.05, 0.1) is 23.7 Å². The summed E-state index contributed by atoms with van der Waals surface area (Å²) >= 11 is 6.36. The topological polar surface area (TPSA) is 89.9 Å². The highest BCUT2D eigenvalue weighted by atomic mass is 35.5. The highest BCUT2D eigenvalue weighted by Gasteiger charge is 2.37. The molecule has 0 fully saturated rings. The predicted molar refractivity (Wildman–Crippen MR) is 139 cm³/mol. The fourth-order valence-corrected chi connectivity index (χ4v) is 4.67. The van der Waals surface area contributed by atoms with E-state index in [9.17, 15) is 31.1 Å². The first kappa shape index (κ1) is 30.0. The summed E-state index contributed by atoms with van der Waals surface area (Å²) in [4.78, 5) is 19.2. The van der Waals surface area contributed by atoms with Crippen LogP contribution < -0.4 is 5.73 Å². The summed E-state index contributed by atoms with van der Waals surface area (Å²) in [5, 5.41) is 8.39. The lowest BCUT2D eigenvalue weighted by Gasteiger charge is -2.29. The first-order valence-electron chi connectivity index (χ1n) is 12.2. The van der Waals surface area contributed by atoms with Crippen LogP contribution in [0.3, 0.4) is 0 Å². The number of hydrogen-bond donors (Lipinski definition) is 1. The lowest BCUT2D eigenvalue weighted by Crippen LogP contribution is -2.38. The molecule has 0 saturated carbocycles. The standard InChI is InChI=1S/C27H23ClF6N6O/c1-16(21-4-2-3-5-22(21)28)39(11-8-35)25(41)23-24(18-6-9-36-10-7-18)40(38-37-23)15-17-12-19(26(29,30)31)14-20(13-17)27(32,33)34/h2-7,9-10,12-14,16H,8,11,15,35H2,1H3. The van der Waals surface area contributed by atoms with Crippen molar-refractivity contribution < 1.29 is 31.1 Å². The van der Waals surface area contributed by atoms with E-state index < -0.39 is 42.0 Å². The van der Waals surface area contributed by atoms with Crippen molar-refractivity contribution in [1.82, 2.24) is 24.9 Å². The third-order valence-corrected chi connectivity index (χ3v) is 6.67. The van der Waals surface area contributed by atoms with Crippen LogP contribution in [0.4, 0.5) is 26.3 Å². The number of nitrogens with zero attached hydrogens (tertiary/aromatic N) is 5.